The van der Waals surface area contributed by atoms with Gasteiger partial charge >= 0.3 is 5.97 Å². The molecule has 0 aliphatic carbocycles. The van der Waals surface area contributed by atoms with Crippen molar-refractivity contribution in [3.8, 4) is 5.75 Å². The van der Waals surface area contributed by atoms with Crippen molar-refractivity contribution in [2.75, 3.05) is 18.1 Å². The SMILES string of the molecule is O=C(OCC(=O)N1c2ccccc2OC[C@H]1c1ccccc1)c1ccc(Cn2cccn2)cc1. The lowest BCUT2D eigenvalue weighted by molar-refractivity contribution is -0.122. The van der Waals surface area contributed by atoms with Crippen molar-refractivity contribution in [1.29, 1.82) is 0 Å². The van der Waals surface area contributed by atoms with Crippen molar-refractivity contribution < 1.29 is 19.1 Å². The summed E-state index contributed by atoms with van der Waals surface area (Å²) in [5, 5.41) is 4.18. The number of carbonyl (C=O) groups excluding carboxylic acids is 2. The second-order valence-electron chi connectivity index (χ2n) is 7.95. The number of amides is 1. The second kappa shape index (κ2) is 9.62. The molecule has 7 heteroatoms. The topological polar surface area (TPSA) is 73.7 Å². The molecule has 7 nitrogen and oxygen atoms in total. The van der Waals surface area contributed by atoms with Crippen molar-refractivity contribution in [3.63, 3.8) is 0 Å². The molecule has 170 valence electrons. The lowest BCUT2D eigenvalue weighted by atomic mass is 10.0. The maximum atomic E-state index is 13.3. The summed E-state index contributed by atoms with van der Waals surface area (Å²) in [6, 6.07) is 25.7. The molecule has 0 fully saturated rings. The van der Waals surface area contributed by atoms with E-state index in [1.54, 1.807) is 27.9 Å². The lowest BCUT2D eigenvalue weighted by Gasteiger charge is -2.37. The van der Waals surface area contributed by atoms with Crippen molar-refractivity contribution >= 4 is 17.6 Å². The van der Waals surface area contributed by atoms with Crippen LogP contribution in [-0.2, 0) is 16.1 Å². The first-order chi connectivity index (χ1) is 16.7. The quantitative estimate of drug-likeness (QED) is 0.408. The lowest BCUT2D eigenvalue weighted by Crippen LogP contribution is -2.43. The van der Waals surface area contributed by atoms with E-state index < -0.39 is 5.97 Å². The number of esters is 1. The molecule has 1 amide bonds. The molecule has 0 saturated heterocycles. The van der Waals surface area contributed by atoms with Crippen LogP contribution >= 0.6 is 0 Å². The molecule has 3 aromatic carbocycles. The van der Waals surface area contributed by atoms with E-state index >= 15 is 0 Å². The van der Waals surface area contributed by atoms with E-state index in [0.717, 1.165) is 11.1 Å². The normalized spacial score (nSPS) is 14.7. The fourth-order valence-electron chi connectivity index (χ4n) is 4.03. The van der Waals surface area contributed by atoms with E-state index in [2.05, 4.69) is 5.10 Å². The highest BCUT2D eigenvalue weighted by Gasteiger charge is 2.33. The molecule has 0 radical (unpaired) electrons. The van der Waals surface area contributed by atoms with E-state index in [0.29, 0.717) is 30.2 Å². The molecule has 0 saturated carbocycles. The third kappa shape index (κ3) is 4.54. The Labute approximate surface area is 197 Å². The zero-order valence-corrected chi connectivity index (χ0v) is 18.4. The molecule has 1 aromatic heterocycles. The largest absolute Gasteiger partial charge is 0.489 e. The Morgan fingerprint density at radius 3 is 2.47 bits per heavy atom. The van der Waals surface area contributed by atoms with Crippen LogP contribution in [0.5, 0.6) is 5.75 Å². The predicted octanol–water partition coefficient (Wildman–Crippen LogP) is 4.26. The van der Waals surface area contributed by atoms with Gasteiger partial charge < -0.3 is 9.47 Å². The van der Waals surface area contributed by atoms with Crippen LogP contribution in [0.25, 0.3) is 0 Å². The standard InChI is InChI=1S/C27H23N3O4/c31-26(19-34-27(32)22-13-11-20(12-14-22)17-29-16-6-15-28-29)30-23-9-4-5-10-25(23)33-18-24(30)21-7-2-1-3-8-21/h1-16,24H,17-19H2/t24-/m0/s1. The molecular formula is C27H23N3O4. The molecule has 1 aliphatic heterocycles. The summed E-state index contributed by atoms with van der Waals surface area (Å²) in [6.45, 7) is 0.558. The summed E-state index contributed by atoms with van der Waals surface area (Å²) in [4.78, 5) is 27.6. The number of hydrogen-bond donors (Lipinski definition) is 0. The van der Waals surface area contributed by atoms with Crippen molar-refractivity contribution in [2.24, 2.45) is 0 Å². The van der Waals surface area contributed by atoms with Crippen LogP contribution in [0, 0.1) is 0 Å². The Balaban J connectivity index is 1.29. The first-order valence-corrected chi connectivity index (χ1v) is 11.0. The van der Waals surface area contributed by atoms with E-state index in [1.807, 2.05) is 79.0 Å². The molecule has 1 aliphatic rings. The third-order valence-corrected chi connectivity index (χ3v) is 5.71. The van der Waals surface area contributed by atoms with Crippen molar-refractivity contribution in [2.45, 2.75) is 12.6 Å². The van der Waals surface area contributed by atoms with Gasteiger partial charge in [-0.05, 0) is 41.5 Å². The average Bonchev–Trinajstić information content (AvgIpc) is 3.40. The Hall–Kier alpha value is -4.39. The maximum Gasteiger partial charge on any atom is 0.338 e. The zero-order chi connectivity index (χ0) is 23.3. The second-order valence-corrected chi connectivity index (χ2v) is 7.95. The molecule has 34 heavy (non-hydrogen) atoms. The maximum absolute atomic E-state index is 13.3. The zero-order valence-electron chi connectivity index (χ0n) is 18.4. The molecule has 4 aromatic rings. The third-order valence-electron chi connectivity index (χ3n) is 5.71. The Bertz CT molecular complexity index is 1270. The van der Waals surface area contributed by atoms with Gasteiger partial charge in [-0.15, -0.1) is 0 Å². The van der Waals surface area contributed by atoms with Gasteiger partial charge in [0, 0.05) is 12.4 Å². The summed E-state index contributed by atoms with van der Waals surface area (Å²) in [7, 11) is 0. The van der Waals surface area contributed by atoms with E-state index in [9.17, 15) is 9.59 Å². The Kier molecular flexibility index (Phi) is 6.07. The number of para-hydroxylation sites is 2. The minimum Gasteiger partial charge on any atom is -0.489 e. The molecule has 5 rings (SSSR count). The Morgan fingerprint density at radius 2 is 1.71 bits per heavy atom. The van der Waals surface area contributed by atoms with Crippen LogP contribution in [-0.4, -0.2) is 34.9 Å². The van der Waals surface area contributed by atoms with Gasteiger partial charge in [0.25, 0.3) is 5.91 Å². The van der Waals surface area contributed by atoms with Gasteiger partial charge in [0.2, 0.25) is 0 Å². The minimum atomic E-state index is -0.545. The number of hydrogen-bond acceptors (Lipinski definition) is 5. The van der Waals surface area contributed by atoms with Crippen LogP contribution in [0.1, 0.15) is 27.5 Å². The number of ether oxygens (including phenoxy) is 2. The average molecular weight is 453 g/mol. The number of aromatic nitrogens is 2. The van der Waals surface area contributed by atoms with Crippen molar-refractivity contribution in [1.82, 2.24) is 9.78 Å². The smallest absolute Gasteiger partial charge is 0.338 e. The first kappa shape index (κ1) is 21.5. The van der Waals surface area contributed by atoms with Gasteiger partial charge in [-0.2, -0.15) is 5.10 Å². The number of fused-ring (bicyclic) bond motifs is 1. The van der Waals surface area contributed by atoms with Crippen LogP contribution in [0.2, 0.25) is 0 Å². The summed E-state index contributed by atoms with van der Waals surface area (Å²) in [5.74, 6) is -0.229. The van der Waals surface area contributed by atoms with Gasteiger partial charge in [0.1, 0.15) is 12.4 Å². The predicted molar refractivity (Wildman–Crippen MR) is 127 cm³/mol. The van der Waals surface area contributed by atoms with Gasteiger partial charge in [0.15, 0.2) is 6.61 Å². The minimum absolute atomic E-state index is 0.312. The van der Waals surface area contributed by atoms with Crippen LogP contribution in [0.3, 0.4) is 0 Å². The molecule has 0 bridgehead atoms. The summed E-state index contributed by atoms with van der Waals surface area (Å²) in [5.41, 5.74) is 3.00. The van der Waals surface area contributed by atoms with Crippen molar-refractivity contribution in [3.05, 3.63) is 114 Å². The fourth-order valence-corrected chi connectivity index (χ4v) is 4.03. The first-order valence-electron chi connectivity index (χ1n) is 11.0. The Morgan fingerprint density at radius 1 is 0.941 bits per heavy atom. The molecule has 0 spiro atoms. The number of nitrogens with zero attached hydrogens (tertiary/aromatic N) is 3. The number of benzene rings is 3. The molecule has 0 unspecified atom stereocenters. The van der Waals surface area contributed by atoms with E-state index in [4.69, 9.17) is 9.47 Å². The number of rotatable bonds is 6. The summed E-state index contributed by atoms with van der Waals surface area (Å²) >= 11 is 0. The highest BCUT2D eigenvalue weighted by Crippen LogP contribution is 2.39. The van der Waals surface area contributed by atoms with Gasteiger partial charge in [-0.1, -0.05) is 54.6 Å². The number of anilines is 1. The molecule has 2 heterocycles. The van der Waals surface area contributed by atoms with Crippen LogP contribution in [0.15, 0.2) is 97.3 Å². The number of carbonyl (C=O) groups is 2. The van der Waals surface area contributed by atoms with E-state index in [-0.39, 0.29) is 18.6 Å². The molecular weight excluding hydrogens is 430 g/mol. The van der Waals surface area contributed by atoms with Gasteiger partial charge in [-0.25, -0.2) is 4.79 Å². The fraction of sp³-hybridized carbons (Fsp3) is 0.148. The van der Waals surface area contributed by atoms with Gasteiger partial charge in [-0.3, -0.25) is 14.4 Å². The monoisotopic (exact) mass is 453 g/mol. The highest BCUT2D eigenvalue weighted by atomic mass is 16.5. The summed E-state index contributed by atoms with van der Waals surface area (Å²) in [6.07, 6.45) is 3.60. The summed E-state index contributed by atoms with van der Waals surface area (Å²) < 4.78 is 13.1. The highest BCUT2D eigenvalue weighted by molar-refractivity contribution is 5.99. The molecule has 1 atom stereocenters. The van der Waals surface area contributed by atoms with E-state index in [1.165, 1.54) is 0 Å². The van der Waals surface area contributed by atoms with Crippen LogP contribution < -0.4 is 9.64 Å². The van der Waals surface area contributed by atoms with Crippen LogP contribution in [0.4, 0.5) is 5.69 Å². The molecule has 0 N–H and O–H groups in total. The van der Waals surface area contributed by atoms with Gasteiger partial charge in [0.05, 0.1) is 23.8 Å².